The largest absolute Gasteiger partial charge is 0.416 e. The summed E-state index contributed by atoms with van der Waals surface area (Å²) in [5, 5.41) is 2.49. The molecule has 0 atom stereocenters. The predicted octanol–water partition coefficient (Wildman–Crippen LogP) is 4.23. The molecule has 0 saturated heterocycles. The van der Waals surface area contributed by atoms with Crippen LogP contribution in [0.3, 0.4) is 0 Å². The van der Waals surface area contributed by atoms with Crippen LogP contribution in [-0.2, 0) is 6.18 Å². The van der Waals surface area contributed by atoms with E-state index in [9.17, 15) is 18.0 Å². The third kappa shape index (κ3) is 3.80. The van der Waals surface area contributed by atoms with E-state index in [1.54, 1.807) is 0 Å². The number of rotatable bonds is 3. The summed E-state index contributed by atoms with van der Waals surface area (Å²) in [5.41, 5.74) is -0.554. The van der Waals surface area contributed by atoms with E-state index < -0.39 is 17.6 Å². The highest BCUT2D eigenvalue weighted by Crippen LogP contribution is 2.37. The van der Waals surface area contributed by atoms with Crippen LogP contribution in [0, 0.1) is 3.57 Å². The van der Waals surface area contributed by atoms with E-state index in [2.05, 4.69) is 15.3 Å². The average Bonchev–Trinajstić information content (AvgIpc) is 3.33. The number of anilines is 1. The molecule has 0 aliphatic heterocycles. The van der Waals surface area contributed by atoms with Gasteiger partial charge in [-0.05, 0) is 59.7 Å². The van der Waals surface area contributed by atoms with Crippen molar-refractivity contribution in [2.75, 3.05) is 5.32 Å². The van der Waals surface area contributed by atoms with Gasteiger partial charge in [0, 0.05) is 15.7 Å². The number of nitrogens with zero attached hydrogens (tertiary/aromatic N) is 2. The lowest BCUT2D eigenvalue weighted by Crippen LogP contribution is -2.16. The van der Waals surface area contributed by atoms with Gasteiger partial charge in [-0.25, -0.2) is 9.97 Å². The van der Waals surface area contributed by atoms with Gasteiger partial charge in [0.25, 0.3) is 5.91 Å². The number of carbonyl (C=O) groups excluding carboxylic acids is 1. The third-order valence-electron chi connectivity index (χ3n) is 3.39. The summed E-state index contributed by atoms with van der Waals surface area (Å²) in [4.78, 5) is 20.5. The molecule has 120 valence electrons. The molecular weight excluding hydrogens is 422 g/mol. The van der Waals surface area contributed by atoms with Crippen LogP contribution in [0.15, 0.2) is 30.5 Å². The fourth-order valence-corrected chi connectivity index (χ4v) is 2.49. The summed E-state index contributed by atoms with van der Waals surface area (Å²) in [5.74, 6) is 0.347. The molecule has 0 unspecified atom stereocenters. The molecule has 8 heteroatoms. The van der Waals surface area contributed by atoms with Crippen LogP contribution in [0.4, 0.5) is 18.9 Å². The molecule has 1 fully saturated rings. The number of halogens is 4. The Labute approximate surface area is 143 Å². The number of aromatic nitrogens is 2. The number of hydrogen-bond donors (Lipinski definition) is 1. The van der Waals surface area contributed by atoms with E-state index >= 15 is 0 Å². The Bertz CT molecular complexity index is 760. The van der Waals surface area contributed by atoms with Gasteiger partial charge >= 0.3 is 6.18 Å². The third-order valence-corrected chi connectivity index (χ3v) is 4.33. The van der Waals surface area contributed by atoms with Gasteiger partial charge in [0.2, 0.25) is 0 Å². The molecule has 23 heavy (non-hydrogen) atoms. The van der Waals surface area contributed by atoms with Crippen molar-refractivity contribution in [1.82, 2.24) is 9.97 Å². The fraction of sp³-hybridized carbons (Fsp3) is 0.267. The Balaban J connectivity index is 1.83. The monoisotopic (exact) mass is 433 g/mol. The van der Waals surface area contributed by atoms with E-state index in [1.165, 1.54) is 18.3 Å². The molecule has 1 N–H and O–H groups in total. The van der Waals surface area contributed by atoms with Crippen molar-refractivity contribution in [2.45, 2.75) is 24.9 Å². The Morgan fingerprint density at radius 2 is 2.00 bits per heavy atom. The van der Waals surface area contributed by atoms with Crippen molar-refractivity contribution < 1.29 is 18.0 Å². The first-order valence-corrected chi connectivity index (χ1v) is 7.93. The maximum absolute atomic E-state index is 12.8. The van der Waals surface area contributed by atoms with Crippen LogP contribution in [0.1, 0.15) is 40.6 Å². The van der Waals surface area contributed by atoms with E-state index in [4.69, 9.17) is 0 Å². The van der Waals surface area contributed by atoms with Crippen molar-refractivity contribution in [3.63, 3.8) is 0 Å². The van der Waals surface area contributed by atoms with E-state index in [0.717, 1.165) is 25.0 Å². The average molecular weight is 433 g/mol. The molecule has 0 spiro atoms. The summed E-state index contributed by atoms with van der Waals surface area (Å²) in [7, 11) is 0. The van der Waals surface area contributed by atoms with Gasteiger partial charge in [-0.3, -0.25) is 4.79 Å². The Kier molecular flexibility index (Phi) is 4.26. The smallest absolute Gasteiger partial charge is 0.320 e. The van der Waals surface area contributed by atoms with Gasteiger partial charge in [0.15, 0.2) is 0 Å². The van der Waals surface area contributed by atoms with Crippen molar-refractivity contribution >= 4 is 34.2 Å². The summed E-state index contributed by atoms with van der Waals surface area (Å²) < 4.78 is 38.8. The van der Waals surface area contributed by atoms with Crippen molar-refractivity contribution in [2.24, 2.45) is 0 Å². The zero-order chi connectivity index (χ0) is 16.6. The zero-order valence-corrected chi connectivity index (χ0v) is 13.9. The quantitative estimate of drug-likeness (QED) is 0.738. The Morgan fingerprint density at radius 3 is 2.65 bits per heavy atom. The van der Waals surface area contributed by atoms with Crippen LogP contribution < -0.4 is 5.32 Å². The normalized spacial score (nSPS) is 14.6. The molecule has 2 aromatic rings. The SMILES string of the molecule is O=C(Nc1cc(C(F)(F)F)ccc1I)c1ccnc(C2CC2)n1. The standard InChI is InChI=1S/C15H11F3IN3O/c16-15(17,18)9-3-4-10(19)12(7-9)22-14(23)11-5-6-20-13(21-11)8-1-2-8/h3-8H,1-2H2,(H,22,23). The lowest BCUT2D eigenvalue weighted by Gasteiger charge is -2.12. The van der Waals surface area contributed by atoms with Crippen LogP contribution in [0.25, 0.3) is 0 Å². The number of alkyl halides is 3. The minimum absolute atomic E-state index is 0.108. The van der Waals surface area contributed by atoms with Crippen LogP contribution >= 0.6 is 22.6 Å². The van der Waals surface area contributed by atoms with Crippen molar-refractivity contribution in [3.8, 4) is 0 Å². The number of hydrogen-bond acceptors (Lipinski definition) is 3. The first-order chi connectivity index (χ1) is 10.8. The molecule has 1 aliphatic rings. The van der Waals surface area contributed by atoms with Gasteiger partial charge in [0.05, 0.1) is 11.3 Å². The second kappa shape index (κ2) is 6.06. The first kappa shape index (κ1) is 16.2. The Morgan fingerprint density at radius 1 is 1.26 bits per heavy atom. The van der Waals surface area contributed by atoms with Crippen molar-refractivity contribution in [1.29, 1.82) is 0 Å². The molecule has 1 saturated carbocycles. The first-order valence-electron chi connectivity index (χ1n) is 6.85. The molecule has 1 aliphatic carbocycles. The molecule has 1 aromatic heterocycles. The summed E-state index contributed by atoms with van der Waals surface area (Å²) in [6, 6.07) is 4.66. The topological polar surface area (TPSA) is 54.9 Å². The highest BCUT2D eigenvalue weighted by atomic mass is 127. The lowest BCUT2D eigenvalue weighted by molar-refractivity contribution is -0.137. The summed E-state index contributed by atoms with van der Waals surface area (Å²) >= 11 is 1.87. The molecule has 4 nitrogen and oxygen atoms in total. The maximum Gasteiger partial charge on any atom is 0.416 e. The molecule has 0 bridgehead atoms. The molecule has 1 amide bonds. The number of carbonyl (C=O) groups is 1. The van der Waals surface area contributed by atoms with Crippen LogP contribution in [-0.4, -0.2) is 15.9 Å². The van der Waals surface area contributed by atoms with Gasteiger partial charge in [-0.15, -0.1) is 0 Å². The van der Waals surface area contributed by atoms with Gasteiger partial charge in [0.1, 0.15) is 11.5 Å². The molecule has 1 heterocycles. The van der Waals surface area contributed by atoms with E-state index in [0.29, 0.717) is 9.39 Å². The van der Waals surface area contributed by atoms with Crippen molar-refractivity contribution in [3.05, 3.63) is 51.1 Å². The molecule has 1 aromatic carbocycles. The van der Waals surface area contributed by atoms with Gasteiger partial charge in [-0.1, -0.05) is 0 Å². The molecule has 0 radical (unpaired) electrons. The summed E-state index contributed by atoms with van der Waals surface area (Å²) in [6.45, 7) is 0. The fourth-order valence-electron chi connectivity index (χ4n) is 2.02. The highest BCUT2D eigenvalue weighted by Gasteiger charge is 2.31. The van der Waals surface area contributed by atoms with Gasteiger partial charge in [-0.2, -0.15) is 13.2 Å². The maximum atomic E-state index is 12.8. The number of nitrogens with one attached hydrogen (secondary N) is 1. The molecular formula is C15H11F3IN3O. The van der Waals surface area contributed by atoms with E-state index in [1.807, 2.05) is 22.6 Å². The lowest BCUT2D eigenvalue weighted by atomic mass is 10.2. The minimum atomic E-state index is -4.46. The molecule has 3 rings (SSSR count). The van der Waals surface area contributed by atoms with E-state index in [-0.39, 0.29) is 17.3 Å². The second-order valence-corrected chi connectivity index (χ2v) is 6.38. The zero-order valence-electron chi connectivity index (χ0n) is 11.7. The highest BCUT2D eigenvalue weighted by molar-refractivity contribution is 14.1. The summed E-state index contributed by atoms with van der Waals surface area (Å²) in [6.07, 6.45) is -0.974. The number of amides is 1. The second-order valence-electron chi connectivity index (χ2n) is 5.22. The number of benzene rings is 1. The Hall–Kier alpha value is -1.71. The predicted molar refractivity (Wildman–Crippen MR) is 86.1 cm³/mol. The van der Waals surface area contributed by atoms with Crippen LogP contribution in [0.5, 0.6) is 0 Å². The van der Waals surface area contributed by atoms with Crippen LogP contribution in [0.2, 0.25) is 0 Å². The minimum Gasteiger partial charge on any atom is -0.320 e. The van der Waals surface area contributed by atoms with Gasteiger partial charge < -0.3 is 5.32 Å².